The standard InChI is InChI=1S/C25H29Cl2N5O2S/c1-4-31(5-2)35(33,34)21-12-13-24(30-14-6-7-15-30)23(16-21)28-17-22-18(3)29-32(25(22)27)20-10-8-19(26)9-11-20/h8-13,16-17H,4-7,14-15H2,1-3H3. The molecule has 0 bridgehead atoms. The third-order valence-electron chi connectivity index (χ3n) is 6.19. The zero-order chi connectivity index (χ0) is 25.2. The second-order valence-corrected chi connectivity index (χ2v) is 11.1. The van der Waals surface area contributed by atoms with Gasteiger partial charge in [0.2, 0.25) is 10.0 Å². The predicted octanol–water partition coefficient (Wildman–Crippen LogP) is 5.87. The molecule has 1 aromatic heterocycles. The van der Waals surface area contributed by atoms with E-state index in [1.54, 1.807) is 35.2 Å². The zero-order valence-corrected chi connectivity index (χ0v) is 22.4. The van der Waals surface area contributed by atoms with E-state index in [0.717, 1.165) is 37.3 Å². The molecule has 0 saturated carbocycles. The first-order valence-electron chi connectivity index (χ1n) is 11.7. The molecule has 1 saturated heterocycles. The van der Waals surface area contributed by atoms with E-state index in [9.17, 15) is 8.42 Å². The smallest absolute Gasteiger partial charge is 0.243 e. The van der Waals surface area contributed by atoms with Crippen LogP contribution in [0.3, 0.4) is 0 Å². The van der Waals surface area contributed by atoms with Crippen LogP contribution in [0.1, 0.15) is 37.9 Å². The van der Waals surface area contributed by atoms with Crippen LogP contribution in [0.2, 0.25) is 10.2 Å². The largest absolute Gasteiger partial charge is 0.370 e. The molecule has 0 aliphatic carbocycles. The fraction of sp³-hybridized carbons (Fsp3) is 0.360. The van der Waals surface area contributed by atoms with E-state index in [-0.39, 0.29) is 4.90 Å². The minimum Gasteiger partial charge on any atom is -0.370 e. The van der Waals surface area contributed by atoms with Crippen molar-refractivity contribution in [2.75, 3.05) is 31.1 Å². The molecule has 7 nitrogen and oxygen atoms in total. The van der Waals surface area contributed by atoms with Crippen LogP contribution in [0.4, 0.5) is 11.4 Å². The minimum absolute atomic E-state index is 0.232. The quantitative estimate of drug-likeness (QED) is 0.339. The van der Waals surface area contributed by atoms with Gasteiger partial charge in [-0.25, -0.2) is 13.1 Å². The first-order valence-corrected chi connectivity index (χ1v) is 13.9. The molecular weight excluding hydrogens is 505 g/mol. The summed E-state index contributed by atoms with van der Waals surface area (Å²) in [6, 6.07) is 12.4. The van der Waals surface area contributed by atoms with Gasteiger partial charge in [0, 0.05) is 37.4 Å². The number of nitrogens with zero attached hydrogens (tertiary/aromatic N) is 5. The van der Waals surface area contributed by atoms with Crippen molar-refractivity contribution in [2.24, 2.45) is 4.99 Å². The van der Waals surface area contributed by atoms with Gasteiger partial charge in [-0.2, -0.15) is 9.40 Å². The Bertz CT molecular complexity index is 1330. The van der Waals surface area contributed by atoms with Crippen molar-refractivity contribution in [1.82, 2.24) is 14.1 Å². The molecule has 0 unspecified atom stereocenters. The average Bonchev–Trinajstić information content (AvgIpc) is 3.47. The summed E-state index contributed by atoms with van der Waals surface area (Å²) < 4.78 is 29.4. The summed E-state index contributed by atoms with van der Waals surface area (Å²) in [5, 5.41) is 5.61. The van der Waals surface area contributed by atoms with E-state index in [2.05, 4.69) is 10.00 Å². The molecule has 4 rings (SSSR count). The summed E-state index contributed by atoms with van der Waals surface area (Å²) >= 11 is 12.7. The van der Waals surface area contributed by atoms with Gasteiger partial charge in [0.05, 0.1) is 33.2 Å². The van der Waals surface area contributed by atoms with Crippen molar-refractivity contribution < 1.29 is 8.42 Å². The SMILES string of the molecule is CCN(CC)S(=O)(=O)c1ccc(N2CCCC2)c(N=Cc2c(C)nn(-c3ccc(Cl)cc3)c2Cl)c1. The van der Waals surface area contributed by atoms with Crippen LogP contribution in [0.15, 0.2) is 52.4 Å². The van der Waals surface area contributed by atoms with E-state index in [0.29, 0.717) is 40.2 Å². The van der Waals surface area contributed by atoms with Crippen LogP contribution in [-0.4, -0.2) is 54.9 Å². The Morgan fingerprint density at radius 2 is 1.71 bits per heavy atom. The summed E-state index contributed by atoms with van der Waals surface area (Å²) in [6.45, 7) is 8.18. The number of aliphatic imine (C=N–C) groups is 1. The summed E-state index contributed by atoms with van der Waals surface area (Å²) in [5.41, 5.74) is 3.67. The summed E-state index contributed by atoms with van der Waals surface area (Å²) in [5.74, 6) is 0. The molecule has 35 heavy (non-hydrogen) atoms. The predicted molar refractivity (Wildman–Crippen MR) is 144 cm³/mol. The van der Waals surface area contributed by atoms with Gasteiger partial charge in [0.1, 0.15) is 5.15 Å². The first-order chi connectivity index (χ1) is 16.8. The molecule has 2 aromatic carbocycles. The maximum atomic E-state index is 13.2. The number of aryl methyl sites for hydroxylation is 1. The van der Waals surface area contributed by atoms with Gasteiger partial charge >= 0.3 is 0 Å². The van der Waals surface area contributed by atoms with E-state index in [1.165, 1.54) is 4.31 Å². The van der Waals surface area contributed by atoms with Crippen molar-refractivity contribution in [3.63, 3.8) is 0 Å². The lowest BCUT2D eigenvalue weighted by Crippen LogP contribution is -2.30. The third-order valence-corrected chi connectivity index (χ3v) is 8.85. The number of halogens is 2. The van der Waals surface area contributed by atoms with Crippen molar-refractivity contribution in [3.05, 3.63) is 63.9 Å². The molecule has 10 heteroatoms. The fourth-order valence-corrected chi connectivity index (χ4v) is 6.18. The Kier molecular flexibility index (Phi) is 7.86. The lowest BCUT2D eigenvalue weighted by atomic mass is 10.2. The molecule has 2 heterocycles. The number of anilines is 1. The van der Waals surface area contributed by atoms with Gasteiger partial charge in [-0.05, 0) is 62.2 Å². The Morgan fingerprint density at radius 1 is 1.06 bits per heavy atom. The lowest BCUT2D eigenvalue weighted by Gasteiger charge is -2.22. The molecule has 0 amide bonds. The second-order valence-electron chi connectivity index (χ2n) is 8.37. The van der Waals surface area contributed by atoms with Gasteiger partial charge in [0.25, 0.3) is 0 Å². The molecule has 1 fully saturated rings. The summed E-state index contributed by atoms with van der Waals surface area (Å²) in [4.78, 5) is 7.21. The maximum absolute atomic E-state index is 13.2. The monoisotopic (exact) mass is 533 g/mol. The minimum atomic E-state index is -3.61. The molecule has 1 aliphatic rings. The maximum Gasteiger partial charge on any atom is 0.243 e. The number of hydrogen-bond acceptors (Lipinski definition) is 5. The Morgan fingerprint density at radius 3 is 2.34 bits per heavy atom. The van der Waals surface area contributed by atoms with Crippen LogP contribution in [0, 0.1) is 6.92 Å². The molecular formula is C25H29Cl2N5O2S. The van der Waals surface area contributed by atoms with Crippen molar-refractivity contribution in [3.8, 4) is 5.69 Å². The van der Waals surface area contributed by atoms with Gasteiger partial charge in [-0.3, -0.25) is 4.99 Å². The Balaban J connectivity index is 1.76. The highest BCUT2D eigenvalue weighted by atomic mass is 35.5. The summed E-state index contributed by atoms with van der Waals surface area (Å²) in [7, 11) is -3.61. The van der Waals surface area contributed by atoms with Gasteiger partial charge in [-0.1, -0.05) is 37.0 Å². The van der Waals surface area contributed by atoms with E-state index < -0.39 is 10.0 Å². The Hall–Kier alpha value is -2.39. The highest BCUT2D eigenvalue weighted by Gasteiger charge is 2.24. The highest BCUT2D eigenvalue weighted by Crippen LogP contribution is 2.35. The molecule has 0 N–H and O–H groups in total. The molecule has 186 valence electrons. The van der Waals surface area contributed by atoms with E-state index in [1.807, 2.05) is 39.0 Å². The first kappa shape index (κ1) is 25.7. The molecule has 0 radical (unpaired) electrons. The van der Waals surface area contributed by atoms with Crippen LogP contribution in [0.5, 0.6) is 0 Å². The molecule has 1 aliphatic heterocycles. The normalized spacial score (nSPS) is 14.5. The third kappa shape index (κ3) is 5.26. The van der Waals surface area contributed by atoms with Crippen LogP contribution >= 0.6 is 23.2 Å². The van der Waals surface area contributed by atoms with Crippen molar-refractivity contribution >= 4 is 50.8 Å². The average molecular weight is 535 g/mol. The number of rotatable bonds is 8. The zero-order valence-electron chi connectivity index (χ0n) is 20.1. The van der Waals surface area contributed by atoms with Crippen molar-refractivity contribution in [1.29, 1.82) is 0 Å². The Labute approximate surface area is 217 Å². The molecule has 0 spiro atoms. The van der Waals surface area contributed by atoms with Crippen LogP contribution < -0.4 is 4.90 Å². The fourth-order valence-electron chi connectivity index (χ4n) is 4.25. The topological polar surface area (TPSA) is 70.8 Å². The number of sulfonamides is 1. The highest BCUT2D eigenvalue weighted by molar-refractivity contribution is 7.89. The van der Waals surface area contributed by atoms with Crippen LogP contribution in [0.25, 0.3) is 5.69 Å². The molecule has 0 atom stereocenters. The van der Waals surface area contributed by atoms with Crippen molar-refractivity contribution in [2.45, 2.75) is 38.5 Å². The second kappa shape index (κ2) is 10.7. The van der Waals surface area contributed by atoms with Gasteiger partial charge in [0.15, 0.2) is 0 Å². The lowest BCUT2D eigenvalue weighted by molar-refractivity contribution is 0.445. The molecule has 3 aromatic rings. The van der Waals surface area contributed by atoms with Gasteiger partial charge < -0.3 is 4.90 Å². The van der Waals surface area contributed by atoms with E-state index >= 15 is 0 Å². The van der Waals surface area contributed by atoms with Crippen LogP contribution in [-0.2, 0) is 10.0 Å². The number of hydrogen-bond donors (Lipinski definition) is 0. The number of aromatic nitrogens is 2. The van der Waals surface area contributed by atoms with Gasteiger partial charge in [-0.15, -0.1) is 0 Å². The summed E-state index contributed by atoms with van der Waals surface area (Å²) in [6.07, 6.45) is 3.86. The van der Waals surface area contributed by atoms with E-state index in [4.69, 9.17) is 28.2 Å². The number of benzene rings is 2.